The Kier molecular flexibility index (Phi) is 3.81. The smallest absolute Gasteiger partial charge is 0.261 e. The van der Waals surface area contributed by atoms with Gasteiger partial charge in [0.1, 0.15) is 6.10 Å². The number of methoxy groups -OCH3 is 1. The standard InChI is InChI=1S/C10H12ClNO3S/c1-14-7-5-15-4-6(7)12-10(13)8-2-3-9(11)16-8/h2-3,6-7H,4-5H2,1H3,(H,12,13)/t6-,7-/m0/s1. The highest BCUT2D eigenvalue weighted by atomic mass is 35.5. The summed E-state index contributed by atoms with van der Waals surface area (Å²) in [7, 11) is 1.61. The van der Waals surface area contributed by atoms with Crippen LogP contribution in [0.15, 0.2) is 12.1 Å². The Bertz CT molecular complexity index is 382. The number of hydrogen-bond acceptors (Lipinski definition) is 4. The number of carbonyl (C=O) groups excluding carboxylic acids is 1. The van der Waals surface area contributed by atoms with E-state index in [0.717, 1.165) is 0 Å². The molecule has 88 valence electrons. The maximum Gasteiger partial charge on any atom is 0.261 e. The zero-order chi connectivity index (χ0) is 11.5. The maximum absolute atomic E-state index is 11.8. The first-order valence-electron chi connectivity index (χ1n) is 4.87. The average molecular weight is 262 g/mol. The summed E-state index contributed by atoms with van der Waals surface area (Å²) >= 11 is 7.03. The SMILES string of the molecule is CO[C@H]1COC[C@@H]1NC(=O)c1ccc(Cl)s1. The number of nitrogens with one attached hydrogen (secondary N) is 1. The molecule has 0 saturated carbocycles. The first-order valence-corrected chi connectivity index (χ1v) is 6.07. The number of carbonyl (C=O) groups is 1. The van der Waals surface area contributed by atoms with Gasteiger partial charge in [0, 0.05) is 7.11 Å². The van der Waals surface area contributed by atoms with Gasteiger partial charge in [-0.3, -0.25) is 4.79 Å². The Hall–Kier alpha value is -0.620. The van der Waals surface area contributed by atoms with Gasteiger partial charge in [0.2, 0.25) is 0 Å². The molecule has 1 N–H and O–H groups in total. The number of amides is 1. The summed E-state index contributed by atoms with van der Waals surface area (Å²) in [6.07, 6.45) is -0.0700. The van der Waals surface area contributed by atoms with Crippen LogP contribution < -0.4 is 5.32 Å². The van der Waals surface area contributed by atoms with Crippen LogP contribution in [0.4, 0.5) is 0 Å². The van der Waals surface area contributed by atoms with Crippen molar-refractivity contribution in [2.24, 2.45) is 0 Å². The number of halogens is 1. The lowest BCUT2D eigenvalue weighted by Crippen LogP contribution is -2.43. The van der Waals surface area contributed by atoms with E-state index < -0.39 is 0 Å². The van der Waals surface area contributed by atoms with E-state index >= 15 is 0 Å². The average Bonchev–Trinajstić information content (AvgIpc) is 2.86. The Morgan fingerprint density at radius 2 is 2.44 bits per heavy atom. The summed E-state index contributed by atoms with van der Waals surface area (Å²) in [5.41, 5.74) is 0. The predicted molar refractivity (Wildman–Crippen MR) is 62.2 cm³/mol. The monoisotopic (exact) mass is 261 g/mol. The van der Waals surface area contributed by atoms with Crippen molar-refractivity contribution in [1.82, 2.24) is 5.32 Å². The highest BCUT2D eigenvalue weighted by Gasteiger charge is 2.29. The van der Waals surface area contributed by atoms with Crippen molar-refractivity contribution in [3.05, 3.63) is 21.3 Å². The van der Waals surface area contributed by atoms with Crippen LogP contribution in [0.5, 0.6) is 0 Å². The second-order valence-corrected chi connectivity index (χ2v) is 5.21. The first kappa shape index (κ1) is 11.9. The summed E-state index contributed by atoms with van der Waals surface area (Å²) in [6.45, 7) is 1.01. The fourth-order valence-corrected chi connectivity index (χ4v) is 2.52. The van der Waals surface area contributed by atoms with E-state index in [-0.39, 0.29) is 18.1 Å². The number of hydrogen-bond donors (Lipinski definition) is 1. The lowest BCUT2D eigenvalue weighted by molar-refractivity contribution is 0.0687. The van der Waals surface area contributed by atoms with E-state index in [4.69, 9.17) is 21.1 Å². The van der Waals surface area contributed by atoms with Crippen molar-refractivity contribution < 1.29 is 14.3 Å². The summed E-state index contributed by atoms with van der Waals surface area (Å²) in [6, 6.07) is 3.33. The minimum Gasteiger partial charge on any atom is -0.377 e. The largest absolute Gasteiger partial charge is 0.377 e. The van der Waals surface area contributed by atoms with Gasteiger partial charge in [-0.2, -0.15) is 0 Å². The van der Waals surface area contributed by atoms with Gasteiger partial charge in [0.25, 0.3) is 5.91 Å². The molecule has 2 atom stereocenters. The number of rotatable bonds is 3. The Morgan fingerprint density at radius 1 is 1.62 bits per heavy atom. The van der Waals surface area contributed by atoms with E-state index in [0.29, 0.717) is 22.4 Å². The van der Waals surface area contributed by atoms with E-state index in [9.17, 15) is 4.79 Å². The fourth-order valence-electron chi connectivity index (χ4n) is 1.58. The van der Waals surface area contributed by atoms with Crippen molar-refractivity contribution in [2.45, 2.75) is 12.1 Å². The molecule has 0 radical (unpaired) electrons. The second-order valence-electron chi connectivity index (χ2n) is 3.50. The van der Waals surface area contributed by atoms with Gasteiger partial charge in [0.15, 0.2) is 0 Å². The van der Waals surface area contributed by atoms with Crippen molar-refractivity contribution in [2.75, 3.05) is 20.3 Å². The Labute approximate surface area is 102 Å². The van der Waals surface area contributed by atoms with Crippen LogP contribution in [0.1, 0.15) is 9.67 Å². The van der Waals surface area contributed by atoms with Crippen molar-refractivity contribution in [1.29, 1.82) is 0 Å². The highest BCUT2D eigenvalue weighted by molar-refractivity contribution is 7.17. The second kappa shape index (κ2) is 5.14. The van der Waals surface area contributed by atoms with Gasteiger partial charge >= 0.3 is 0 Å². The van der Waals surface area contributed by atoms with E-state index in [1.54, 1.807) is 19.2 Å². The lowest BCUT2D eigenvalue weighted by Gasteiger charge is -2.16. The quantitative estimate of drug-likeness (QED) is 0.898. The van der Waals surface area contributed by atoms with Crippen LogP contribution in [-0.2, 0) is 9.47 Å². The van der Waals surface area contributed by atoms with Crippen LogP contribution >= 0.6 is 22.9 Å². The molecule has 1 aliphatic rings. The molecule has 2 rings (SSSR count). The molecule has 2 heterocycles. The molecule has 1 fully saturated rings. The molecule has 1 amide bonds. The third-order valence-electron chi connectivity index (χ3n) is 2.44. The zero-order valence-corrected chi connectivity index (χ0v) is 10.3. The first-order chi connectivity index (χ1) is 7.70. The Morgan fingerprint density at radius 3 is 3.06 bits per heavy atom. The molecule has 16 heavy (non-hydrogen) atoms. The molecule has 1 aliphatic heterocycles. The van der Waals surface area contributed by atoms with Gasteiger partial charge < -0.3 is 14.8 Å². The van der Waals surface area contributed by atoms with Gasteiger partial charge in [-0.1, -0.05) is 11.6 Å². The molecule has 1 aromatic rings. The molecule has 4 nitrogen and oxygen atoms in total. The van der Waals surface area contributed by atoms with E-state index in [1.165, 1.54) is 11.3 Å². The molecule has 0 unspecified atom stereocenters. The normalized spacial score (nSPS) is 24.6. The van der Waals surface area contributed by atoms with E-state index in [2.05, 4.69) is 5.32 Å². The summed E-state index contributed by atoms with van der Waals surface area (Å²) in [5.74, 6) is -0.130. The number of thiophene rings is 1. The third kappa shape index (κ3) is 2.55. The predicted octanol–water partition coefficient (Wildman–Crippen LogP) is 1.55. The molecular weight excluding hydrogens is 250 g/mol. The Balaban J connectivity index is 1.97. The van der Waals surface area contributed by atoms with Crippen molar-refractivity contribution in [3.63, 3.8) is 0 Å². The third-order valence-corrected chi connectivity index (χ3v) is 3.67. The molecule has 0 bridgehead atoms. The van der Waals surface area contributed by atoms with Crippen LogP contribution in [0.2, 0.25) is 4.34 Å². The molecule has 1 aromatic heterocycles. The zero-order valence-electron chi connectivity index (χ0n) is 8.73. The van der Waals surface area contributed by atoms with Crippen LogP contribution in [0, 0.1) is 0 Å². The molecule has 0 spiro atoms. The number of ether oxygens (including phenoxy) is 2. The van der Waals surface area contributed by atoms with Crippen molar-refractivity contribution in [3.8, 4) is 0 Å². The molecule has 0 aromatic carbocycles. The topological polar surface area (TPSA) is 47.6 Å². The van der Waals surface area contributed by atoms with Gasteiger partial charge in [-0.05, 0) is 12.1 Å². The van der Waals surface area contributed by atoms with Crippen LogP contribution in [0.25, 0.3) is 0 Å². The fraction of sp³-hybridized carbons (Fsp3) is 0.500. The van der Waals surface area contributed by atoms with Crippen LogP contribution in [-0.4, -0.2) is 38.4 Å². The minimum absolute atomic E-state index is 0.0700. The molecule has 6 heteroatoms. The summed E-state index contributed by atoms with van der Waals surface area (Å²) in [5, 5.41) is 2.87. The molecule has 1 saturated heterocycles. The van der Waals surface area contributed by atoms with E-state index in [1.807, 2.05) is 0 Å². The van der Waals surface area contributed by atoms with Crippen LogP contribution in [0.3, 0.4) is 0 Å². The maximum atomic E-state index is 11.8. The summed E-state index contributed by atoms with van der Waals surface area (Å²) in [4.78, 5) is 12.4. The summed E-state index contributed by atoms with van der Waals surface area (Å²) < 4.78 is 11.1. The van der Waals surface area contributed by atoms with Gasteiger partial charge in [-0.25, -0.2) is 0 Å². The van der Waals surface area contributed by atoms with Gasteiger partial charge in [0.05, 0.1) is 28.5 Å². The molecular formula is C10H12ClNO3S. The highest BCUT2D eigenvalue weighted by Crippen LogP contribution is 2.21. The molecule has 0 aliphatic carbocycles. The lowest BCUT2D eigenvalue weighted by atomic mass is 10.2. The van der Waals surface area contributed by atoms with Gasteiger partial charge in [-0.15, -0.1) is 11.3 Å². The van der Waals surface area contributed by atoms with Crippen molar-refractivity contribution >= 4 is 28.8 Å². The minimum atomic E-state index is -0.130.